The average molecular weight is 473 g/mol. The fourth-order valence-electron chi connectivity index (χ4n) is 4.30. The second-order valence-corrected chi connectivity index (χ2v) is 10.7. The summed E-state index contributed by atoms with van der Waals surface area (Å²) in [5.41, 5.74) is 0. The third-order valence-corrected chi connectivity index (χ3v) is 8.48. The average Bonchev–Trinajstić information content (AvgIpc) is 2.79. The molecule has 1 aliphatic heterocycles. The summed E-state index contributed by atoms with van der Waals surface area (Å²) in [4.78, 5) is 26.1. The highest BCUT2D eigenvalue weighted by atomic mass is 32.2. The summed E-state index contributed by atoms with van der Waals surface area (Å²) in [5, 5.41) is 0. The standard InChI is InChI=1S/C22H30F2N2O5S/c1-15-3-5-17(6-4-15)25(2)21(27)14-31-22(28)16-9-11-26(12-10-16)32(29,30)18-7-8-19(23)20(24)13-18/h7-8,13,15-17H,3-6,9-12,14H2,1-2H3. The van der Waals surface area contributed by atoms with Gasteiger partial charge in [0.2, 0.25) is 10.0 Å². The van der Waals surface area contributed by atoms with Crippen LogP contribution >= 0.6 is 0 Å². The van der Waals surface area contributed by atoms with Crippen LogP contribution < -0.4 is 0 Å². The van der Waals surface area contributed by atoms with E-state index in [-0.39, 0.29) is 49.4 Å². The number of carbonyl (C=O) groups excluding carboxylic acids is 2. The molecule has 7 nitrogen and oxygen atoms in total. The first-order valence-corrected chi connectivity index (χ1v) is 12.4. The molecule has 0 radical (unpaired) electrons. The number of sulfonamides is 1. The highest BCUT2D eigenvalue weighted by Gasteiger charge is 2.34. The Kier molecular flexibility index (Phi) is 7.87. The van der Waals surface area contributed by atoms with Gasteiger partial charge in [-0.15, -0.1) is 0 Å². The van der Waals surface area contributed by atoms with Crippen molar-refractivity contribution in [1.82, 2.24) is 9.21 Å². The molecule has 1 saturated heterocycles. The Morgan fingerprint density at radius 1 is 1.06 bits per heavy atom. The van der Waals surface area contributed by atoms with Crippen LogP contribution in [0.4, 0.5) is 8.78 Å². The van der Waals surface area contributed by atoms with E-state index in [9.17, 15) is 26.8 Å². The molecule has 0 aromatic heterocycles. The minimum atomic E-state index is -3.99. The summed E-state index contributed by atoms with van der Waals surface area (Å²) in [7, 11) is -2.26. The molecular weight excluding hydrogens is 442 g/mol. The van der Waals surface area contributed by atoms with Gasteiger partial charge in [0.25, 0.3) is 5.91 Å². The fourth-order valence-corrected chi connectivity index (χ4v) is 5.79. The van der Waals surface area contributed by atoms with Crippen molar-refractivity contribution in [2.45, 2.75) is 56.4 Å². The third-order valence-electron chi connectivity index (χ3n) is 6.58. The van der Waals surface area contributed by atoms with Gasteiger partial charge in [0, 0.05) is 26.2 Å². The molecule has 0 bridgehead atoms. The molecule has 1 amide bonds. The molecule has 10 heteroatoms. The minimum Gasteiger partial charge on any atom is -0.455 e. The molecule has 1 aliphatic carbocycles. The van der Waals surface area contributed by atoms with E-state index in [0.29, 0.717) is 12.0 Å². The van der Waals surface area contributed by atoms with Gasteiger partial charge in [-0.3, -0.25) is 9.59 Å². The molecule has 0 N–H and O–H groups in total. The van der Waals surface area contributed by atoms with Crippen molar-refractivity contribution in [2.24, 2.45) is 11.8 Å². The molecule has 32 heavy (non-hydrogen) atoms. The maximum atomic E-state index is 13.4. The molecule has 1 saturated carbocycles. The van der Waals surface area contributed by atoms with Crippen LogP contribution in [-0.4, -0.2) is 62.3 Å². The van der Waals surface area contributed by atoms with E-state index in [1.165, 1.54) is 0 Å². The Morgan fingerprint density at radius 3 is 2.28 bits per heavy atom. The molecular formula is C22H30F2N2O5S. The van der Waals surface area contributed by atoms with E-state index in [1.54, 1.807) is 11.9 Å². The number of hydrogen-bond donors (Lipinski definition) is 0. The number of halogens is 2. The molecule has 3 rings (SSSR count). The van der Waals surface area contributed by atoms with Gasteiger partial charge in [-0.05, 0) is 62.6 Å². The fraction of sp³-hybridized carbons (Fsp3) is 0.636. The van der Waals surface area contributed by atoms with E-state index < -0.39 is 33.5 Å². The first-order valence-electron chi connectivity index (χ1n) is 11.0. The number of nitrogens with zero attached hydrogens (tertiary/aromatic N) is 2. The summed E-state index contributed by atoms with van der Waals surface area (Å²) < 4.78 is 58.2. The van der Waals surface area contributed by atoms with Gasteiger partial charge in [0.1, 0.15) is 0 Å². The molecule has 0 unspecified atom stereocenters. The van der Waals surface area contributed by atoms with Crippen LogP contribution in [0.25, 0.3) is 0 Å². The van der Waals surface area contributed by atoms with Crippen molar-refractivity contribution >= 4 is 21.9 Å². The Morgan fingerprint density at radius 2 is 1.69 bits per heavy atom. The minimum absolute atomic E-state index is 0.0508. The lowest BCUT2D eigenvalue weighted by Crippen LogP contribution is -2.43. The van der Waals surface area contributed by atoms with Crippen LogP contribution in [0, 0.1) is 23.5 Å². The van der Waals surface area contributed by atoms with Gasteiger partial charge in [-0.2, -0.15) is 4.31 Å². The van der Waals surface area contributed by atoms with Gasteiger partial charge in [0.15, 0.2) is 18.2 Å². The monoisotopic (exact) mass is 472 g/mol. The Hall–Kier alpha value is -2.07. The molecule has 178 valence electrons. The van der Waals surface area contributed by atoms with Gasteiger partial charge in [-0.1, -0.05) is 6.92 Å². The normalized spacial score (nSPS) is 23.0. The van der Waals surface area contributed by atoms with E-state index in [4.69, 9.17) is 4.74 Å². The third kappa shape index (κ3) is 5.64. The zero-order valence-corrected chi connectivity index (χ0v) is 19.2. The van der Waals surface area contributed by atoms with Crippen molar-refractivity contribution in [2.75, 3.05) is 26.7 Å². The molecule has 0 atom stereocenters. The van der Waals surface area contributed by atoms with E-state index >= 15 is 0 Å². The smallest absolute Gasteiger partial charge is 0.309 e. The lowest BCUT2D eigenvalue weighted by Gasteiger charge is -2.33. The summed E-state index contributed by atoms with van der Waals surface area (Å²) in [6.45, 7) is 1.98. The van der Waals surface area contributed by atoms with Crippen LogP contribution in [0.1, 0.15) is 45.4 Å². The van der Waals surface area contributed by atoms with Crippen LogP contribution in [-0.2, 0) is 24.3 Å². The molecule has 2 fully saturated rings. The SMILES string of the molecule is CC1CCC(N(C)C(=O)COC(=O)C2CCN(S(=O)(=O)c3ccc(F)c(F)c3)CC2)CC1. The summed E-state index contributed by atoms with van der Waals surface area (Å²) >= 11 is 0. The van der Waals surface area contributed by atoms with Gasteiger partial charge >= 0.3 is 5.97 Å². The molecule has 1 aromatic carbocycles. The van der Waals surface area contributed by atoms with Crippen molar-refractivity contribution in [3.05, 3.63) is 29.8 Å². The maximum absolute atomic E-state index is 13.4. The maximum Gasteiger partial charge on any atom is 0.309 e. The van der Waals surface area contributed by atoms with Crippen molar-refractivity contribution in [3.8, 4) is 0 Å². The lowest BCUT2D eigenvalue weighted by atomic mass is 9.87. The zero-order valence-electron chi connectivity index (χ0n) is 18.4. The van der Waals surface area contributed by atoms with E-state index in [2.05, 4.69) is 6.92 Å². The van der Waals surface area contributed by atoms with Crippen molar-refractivity contribution in [3.63, 3.8) is 0 Å². The summed E-state index contributed by atoms with van der Waals surface area (Å²) in [6, 6.07) is 2.61. The summed E-state index contributed by atoms with van der Waals surface area (Å²) in [6.07, 6.45) is 4.51. The number of piperidine rings is 1. The first kappa shape index (κ1) is 24.6. The largest absolute Gasteiger partial charge is 0.455 e. The number of rotatable bonds is 6. The first-order chi connectivity index (χ1) is 15.1. The predicted octanol–water partition coefficient (Wildman–Crippen LogP) is 2.95. The molecule has 1 heterocycles. The topological polar surface area (TPSA) is 84.0 Å². The number of likely N-dealkylation sites (N-methyl/N-ethyl adjacent to an activating group) is 1. The Bertz CT molecular complexity index is 940. The summed E-state index contributed by atoms with van der Waals surface area (Å²) in [5.74, 6) is -2.96. The van der Waals surface area contributed by atoms with E-state index in [0.717, 1.165) is 42.1 Å². The molecule has 1 aromatic rings. The Labute approximate surface area is 187 Å². The number of ether oxygens (including phenoxy) is 1. The number of benzene rings is 1. The quantitative estimate of drug-likeness (QED) is 0.595. The van der Waals surface area contributed by atoms with Gasteiger partial charge in [0.05, 0.1) is 10.8 Å². The number of carbonyl (C=O) groups is 2. The molecule has 0 spiro atoms. The second kappa shape index (κ2) is 10.2. The van der Waals surface area contributed by atoms with Gasteiger partial charge in [-0.25, -0.2) is 17.2 Å². The highest BCUT2D eigenvalue weighted by molar-refractivity contribution is 7.89. The van der Waals surface area contributed by atoms with Crippen LogP contribution in [0.15, 0.2) is 23.1 Å². The lowest BCUT2D eigenvalue weighted by molar-refractivity contribution is -0.157. The number of amides is 1. The second-order valence-electron chi connectivity index (χ2n) is 8.78. The predicted molar refractivity (Wildman–Crippen MR) is 113 cm³/mol. The highest BCUT2D eigenvalue weighted by Crippen LogP contribution is 2.27. The van der Waals surface area contributed by atoms with Crippen LogP contribution in [0.2, 0.25) is 0 Å². The zero-order chi connectivity index (χ0) is 23.5. The van der Waals surface area contributed by atoms with E-state index in [1.807, 2.05) is 0 Å². The number of hydrogen-bond acceptors (Lipinski definition) is 5. The van der Waals surface area contributed by atoms with Crippen LogP contribution in [0.3, 0.4) is 0 Å². The number of esters is 1. The van der Waals surface area contributed by atoms with Crippen molar-refractivity contribution in [1.29, 1.82) is 0 Å². The molecule has 2 aliphatic rings. The van der Waals surface area contributed by atoms with Gasteiger partial charge < -0.3 is 9.64 Å². The van der Waals surface area contributed by atoms with Crippen molar-refractivity contribution < 1.29 is 31.5 Å². The van der Waals surface area contributed by atoms with Crippen LogP contribution in [0.5, 0.6) is 0 Å². The Balaban J connectivity index is 1.47.